The lowest BCUT2D eigenvalue weighted by Gasteiger charge is -2.52. The zero-order chi connectivity index (χ0) is 24.6. The van der Waals surface area contributed by atoms with Crippen LogP contribution in [0, 0.1) is 11.3 Å². The van der Waals surface area contributed by atoms with Crippen molar-refractivity contribution < 1.29 is 0 Å². The molecule has 4 aromatic rings. The van der Waals surface area contributed by atoms with Gasteiger partial charge in [0.1, 0.15) is 0 Å². The van der Waals surface area contributed by atoms with Crippen LogP contribution in [0.4, 0.5) is 11.4 Å². The van der Waals surface area contributed by atoms with Crippen LogP contribution in [0.15, 0.2) is 60.7 Å². The van der Waals surface area contributed by atoms with Gasteiger partial charge in [0.25, 0.3) is 0 Å². The molecule has 0 unspecified atom stereocenters. The first-order valence-electron chi connectivity index (χ1n) is 14.0. The lowest BCUT2D eigenvalue weighted by atomic mass is 9.52. The third kappa shape index (κ3) is 3.03. The van der Waals surface area contributed by atoms with Gasteiger partial charge in [-0.1, -0.05) is 55.7 Å². The Hall–Kier alpha value is -3.00. The smallest absolute Gasteiger partial charge is 0.0367 e. The largest absolute Gasteiger partial charge is 0.378 e. The fourth-order valence-electron chi connectivity index (χ4n) is 8.07. The van der Waals surface area contributed by atoms with E-state index < -0.39 is 0 Å². The van der Waals surface area contributed by atoms with Crippen molar-refractivity contribution in [2.24, 2.45) is 11.3 Å². The van der Waals surface area contributed by atoms with Crippen LogP contribution in [0.2, 0.25) is 0 Å². The standard InChI is InChI=1S/C34H38N2/c1-35(2)25-12-16-27-22(20-25)10-14-29-31(27)32-28-17-13-26(36(3)4)21-23(28)11-15-30(32)33(29)34(18-7-19-34)24-8-5-6-9-24/h10-17,20-21,24,33H,5-9,18-19H2,1-4H3. The normalized spacial score (nSPS) is 18.9. The second-order valence-corrected chi connectivity index (χ2v) is 12.2. The van der Waals surface area contributed by atoms with Crippen LogP contribution in [0.3, 0.4) is 0 Å². The molecule has 184 valence electrons. The summed E-state index contributed by atoms with van der Waals surface area (Å²) >= 11 is 0. The molecule has 3 aliphatic carbocycles. The molecule has 0 radical (unpaired) electrons. The zero-order valence-electron chi connectivity index (χ0n) is 22.3. The molecule has 0 heterocycles. The van der Waals surface area contributed by atoms with Crippen LogP contribution in [-0.2, 0) is 0 Å². The van der Waals surface area contributed by atoms with E-state index in [9.17, 15) is 0 Å². The minimum absolute atomic E-state index is 0.449. The maximum atomic E-state index is 2.51. The summed E-state index contributed by atoms with van der Waals surface area (Å²) in [5, 5.41) is 5.56. The van der Waals surface area contributed by atoms with Crippen molar-refractivity contribution in [3.05, 3.63) is 71.8 Å². The summed E-state index contributed by atoms with van der Waals surface area (Å²) in [6.45, 7) is 0. The second-order valence-electron chi connectivity index (χ2n) is 12.2. The molecule has 2 fully saturated rings. The van der Waals surface area contributed by atoms with Gasteiger partial charge in [0, 0.05) is 45.5 Å². The number of benzene rings is 4. The number of anilines is 2. The van der Waals surface area contributed by atoms with Crippen molar-refractivity contribution in [3.63, 3.8) is 0 Å². The van der Waals surface area contributed by atoms with Crippen LogP contribution in [0.1, 0.15) is 62.0 Å². The Bertz CT molecular complexity index is 1390. The van der Waals surface area contributed by atoms with Gasteiger partial charge in [0.2, 0.25) is 0 Å². The van der Waals surface area contributed by atoms with Crippen molar-refractivity contribution in [1.29, 1.82) is 0 Å². The first kappa shape index (κ1) is 22.2. The van der Waals surface area contributed by atoms with Crippen molar-refractivity contribution >= 4 is 32.9 Å². The monoisotopic (exact) mass is 474 g/mol. The average Bonchev–Trinajstić information content (AvgIpc) is 3.50. The molecule has 0 aromatic heterocycles. The fraction of sp³-hybridized carbons (Fsp3) is 0.412. The number of fused-ring (bicyclic) bond motifs is 7. The van der Waals surface area contributed by atoms with Crippen LogP contribution in [-0.4, -0.2) is 28.2 Å². The number of nitrogens with zero attached hydrogens (tertiary/aromatic N) is 2. The highest BCUT2D eigenvalue weighted by Gasteiger charge is 2.53. The number of hydrogen-bond acceptors (Lipinski definition) is 2. The molecule has 7 rings (SSSR count). The fourth-order valence-corrected chi connectivity index (χ4v) is 8.07. The summed E-state index contributed by atoms with van der Waals surface area (Å²) in [6, 6.07) is 24.0. The Kier molecular flexibility index (Phi) is 4.94. The highest BCUT2D eigenvalue weighted by Crippen LogP contribution is 2.67. The van der Waals surface area contributed by atoms with Gasteiger partial charge >= 0.3 is 0 Å². The van der Waals surface area contributed by atoms with Gasteiger partial charge in [-0.05, 0) is 105 Å². The Morgan fingerprint density at radius 1 is 0.611 bits per heavy atom. The summed E-state index contributed by atoms with van der Waals surface area (Å²) in [7, 11) is 8.55. The van der Waals surface area contributed by atoms with Gasteiger partial charge in [-0.2, -0.15) is 0 Å². The van der Waals surface area contributed by atoms with E-state index in [4.69, 9.17) is 0 Å². The average molecular weight is 475 g/mol. The van der Waals surface area contributed by atoms with Gasteiger partial charge < -0.3 is 9.80 Å². The summed E-state index contributed by atoms with van der Waals surface area (Å²) in [5.41, 5.74) is 9.23. The Balaban J connectivity index is 1.53. The van der Waals surface area contributed by atoms with Crippen molar-refractivity contribution in [3.8, 4) is 11.1 Å². The molecular weight excluding hydrogens is 436 g/mol. The Morgan fingerprint density at radius 2 is 1.11 bits per heavy atom. The Morgan fingerprint density at radius 3 is 1.53 bits per heavy atom. The molecule has 0 spiro atoms. The van der Waals surface area contributed by atoms with E-state index >= 15 is 0 Å². The van der Waals surface area contributed by atoms with E-state index in [-0.39, 0.29) is 0 Å². The van der Waals surface area contributed by atoms with E-state index in [2.05, 4.69) is 98.7 Å². The van der Waals surface area contributed by atoms with Crippen molar-refractivity contribution in [2.45, 2.75) is 50.9 Å². The molecule has 0 bridgehead atoms. The molecule has 0 amide bonds. The molecule has 2 nitrogen and oxygen atoms in total. The van der Waals surface area contributed by atoms with Crippen LogP contribution in [0.25, 0.3) is 32.7 Å². The van der Waals surface area contributed by atoms with E-state index in [1.807, 2.05) is 0 Å². The van der Waals surface area contributed by atoms with E-state index in [0.717, 1.165) is 5.92 Å². The summed E-state index contributed by atoms with van der Waals surface area (Å²) in [6.07, 6.45) is 9.91. The molecule has 0 N–H and O–H groups in total. The van der Waals surface area contributed by atoms with Gasteiger partial charge in [0.15, 0.2) is 0 Å². The molecule has 0 saturated heterocycles. The first-order valence-corrected chi connectivity index (χ1v) is 14.0. The molecular formula is C34H38N2. The van der Waals surface area contributed by atoms with E-state index in [0.29, 0.717) is 11.3 Å². The quantitative estimate of drug-likeness (QED) is 0.292. The van der Waals surface area contributed by atoms with Gasteiger partial charge in [-0.25, -0.2) is 0 Å². The minimum Gasteiger partial charge on any atom is -0.378 e. The molecule has 0 aliphatic heterocycles. The Labute approximate surface area is 215 Å². The minimum atomic E-state index is 0.449. The topological polar surface area (TPSA) is 6.48 Å². The zero-order valence-corrected chi connectivity index (χ0v) is 22.3. The van der Waals surface area contributed by atoms with E-state index in [1.54, 1.807) is 11.1 Å². The molecule has 2 saturated carbocycles. The number of rotatable bonds is 4. The predicted octanol–water partition coefficient (Wildman–Crippen LogP) is 8.60. The van der Waals surface area contributed by atoms with Crippen molar-refractivity contribution in [1.82, 2.24) is 0 Å². The van der Waals surface area contributed by atoms with Crippen LogP contribution in [0.5, 0.6) is 0 Å². The van der Waals surface area contributed by atoms with Crippen molar-refractivity contribution in [2.75, 3.05) is 38.0 Å². The third-order valence-electron chi connectivity index (χ3n) is 10.0. The highest BCUT2D eigenvalue weighted by atomic mass is 15.1. The van der Waals surface area contributed by atoms with E-state index in [1.165, 1.54) is 89.0 Å². The van der Waals surface area contributed by atoms with Gasteiger partial charge in [-0.3, -0.25) is 0 Å². The maximum absolute atomic E-state index is 2.51. The van der Waals surface area contributed by atoms with Gasteiger partial charge in [0.05, 0.1) is 0 Å². The highest BCUT2D eigenvalue weighted by molar-refractivity contribution is 6.11. The lowest BCUT2D eigenvalue weighted by molar-refractivity contribution is 0.0335. The van der Waals surface area contributed by atoms with Crippen LogP contribution >= 0.6 is 0 Å². The molecule has 36 heavy (non-hydrogen) atoms. The second kappa shape index (κ2) is 8.00. The maximum Gasteiger partial charge on any atom is 0.0367 e. The summed E-state index contributed by atoms with van der Waals surface area (Å²) in [5.74, 6) is 1.42. The summed E-state index contributed by atoms with van der Waals surface area (Å²) in [4.78, 5) is 4.43. The van der Waals surface area contributed by atoms with Gasteiger partial charge in [-0.15, -0.1) is 0 Å². The molecule has 3 aliphatic rings. The third-order valence-corrected chi connectivity index (χ3v) is 10.0. The SMILES string of the molecule is CN(C)c1ccc2c3c(ccc2c1)C(C1(C2CCCC2)CCC1)c1ccc2cc(N(C)C)ccc2c1-3. The first-order chi connectivity index (χ1) is 17.5. The summed E-state index contributed by atoms with van der Waals surface area (Å²) < 4.78 is 0. The van der Waals surface area contributed by atoms with Crippen LogP contribution < -0.4 is 9.80 Å². The molecule has 2 heteroatoms. The molecule has 0 atom stereocenters. The molecule has 4 aromatic carbocycles. The number of hydrogen-bond donors (Lipinski definition) is 0. The predicted molar refractivity (Wildman–Crippen MR) is 156 cm³/mol. The lowest BCUT2D eigenvalue weighted by Crippen LogP contribution is -2.41.